The quantitative estimate of drug-likeness (QED) is 0.414. The predicted octanol–water partition coefficient (Wildman–Crippen LogP) is 2.50. The van der Waals surface area contributed by atoms with Crippen molar-refractivity contribution >= 4 is 17.7 Å². The van der Waals surface area contributed by atoms with Crippen molar-refractivity contribution in [3.8, 4) is 0 Å². The Labute approximate surface area is 124 Å². The number of aliphatic carboxylic acids is 1. The van der Waals surface area contributed by atoms with Crippen molar-refractivity contribution in [3.63, 3.8) is 0 Å². The maximum absolute atomic E-state index is 11.2. The minimum absolute atomic E-state index is 0.630. The largest absolute Gasteiger partial charge is 0.480 e. The summed E-state index contributed by atoms with van der Waals surface area (Å²) >= 11 is 1.62. The van der Waals surface area contributed by atoms with Crippen LogP contribution in [0.5, 0.6) is 0 Å². The topological polar surface area (TPSA) is 75.1 Å². The van der Waals surface area contributed by atoms with Gasteiger partial charge in [-0.2, -0.15) is 0 Å². The lowest BCUT2D eigenvalue weighted by atomic mass is 9.95. The number of unbranched alkanes of at least 4 members (excludes halogenated alkanes) is 1. The average molecular weight is 297 g/mol. The lowest BCUT2D eigenvalue weighted by Gasteiger charge is -2.25. The molecule has 0 aliphatic carbocycles. The van der Waals surface area contributed by atoms with Crippen molar-refractivity contribution in [3.05, 3.63) is 18.0 Å². The number of nitrogens with zero attached hydrogens (tertiary/aromatic N) is 2. The van der Waals surface area contributed by atoms with Gasteiger partial charge in [0.2, 0.25) is 0 Å². The normalized spacial score (nSPS) is 13.9. The van der Waals surface area contributed by atoms with Gasteiger partial charge in [0.15, 0.2) is 5.16 Å². The van der Waals surface area contributed by atoms with E-state index in [1.165, 1.54) is 0 Å². The first-order valence-corrected chi connectivity index (χ1v) is 7.87. The molecule has 0 aliphatic heterocycles. The zero-order valence-electron chi connectivity index (χ0n) is 12.3. The smallest absolute Gasteiger partial charge is 0.323 e. The molecule has 0 saturated heterocycles. The van der Waals surface area contributed by atoms with Crippen LogP contribution in [-0.4, -0.2) is 38.9 Å². The molecule has 0 fully saturated rings. The van der Waals surface area contributed by atoms with Crippen LogP contribution < -0.4 is 5.32 Å². The van der Waals surface area contributed by atoms with E-state index in [1.807, 2.05) is 19.9 Å². The molecule has 0 bridgehead atoms. The van der Waals surface area contributed by atoms with Gasteiger partial charge < -0.3 is 10.4 Å². The number of carboxylic acids is 1. The van der Waals surface area contributed by atoms with Crippen molar-refractivity contribution in [1.82, 2.24) is 15.3 Å². The van der Waals surface area contributed by atoms with E-state index in [2.05, 4.69) is 15.3 Å². The van der Waals surface area contributed by atoms with E-state index in [-0.39, 0.29) is 0 Å². The Bertz CT molecular complexity index is 442. The van der Waals surface area contributed by atoms with Crippen LogP contribution in [-0.2, 0) is 4.79 Å². The molecule has 112 valence electrons. The van der Waals surface area contributed by atoms with E-state index in [1.54, 1.807) is 24.9 Å². The molecule has 6 heteroatoms. The molecule has 1 atom stereocenters. The highest BCUT2D eigenvalue weighted by atomic mass is 32.2. The summed E-state index contributed by atoms with van der Waals surface area (Å²) < 4.78 is 0. The summed E-state index contributed by atoms with van der Waals surface area (Å²) in [6, 6.07) is 1.87. The minimum atomic E-state index is -0.820. The van der Waals surface area contributed by atoms with Crippen LogP contribution in [0.15, 0.2) is 17.4 Å². The predicted molar refractivity (Wildman–Crippen MR) is 81.1 cm³/mol. The molecule has 1 unspecified atom stereocenters. The Morgan fingerprint density at radius 3 is 2.85 bits per heavy atom. The molecule has 0 aliphatic rings. The number of carboxylic acid groups (broad SMARTS) is 1. The van der Waals surface area contributed by atoms with Crippen molar-refractivity contribution in [2.75, 3.05) is 12.3 Å². The minimum Gasteiger partial charge on any atom is -0.480 e. The molecule has 2 N–H and O–H groups in total. The summed E-state index contributed by atoms with van der Waals surface area (Å²) in [5.74, 6) is 0.125. The highest BCUT2D eigenvalue weighted by Crippen LogP contribution is 2.18. The molecular weight excluding hydrogens is 274 g/mol. The summed E-state index contributed by atoms with van der Waals surface area (Å²) in [4.78, 5) is 19.8. The Balaban J connectivity index is 2.29. The maximum atomic E-state index is 11.2. The SMILES string of the molecule is CCNC(C)(CCCCSc1nccc(C)n1)C(=O)O. The molecule has 0 radical (unpaired) electrons. The van der Waals surface area contributed by atoms with Crippen LogP contribution >= 0.6 is 11.8 Å². The van der Waals surface area contributed by atoms with E-state index >= 15 is 0 Å². The van der Waals surface area contributed by atoms with E-state index in [9.17, 15) is 9.90 Å². The highest BCUT2D eigenvalue weighted by Gasteiger charge is 2.30. The van der Waals surface area contributed by atoms with Gasteiger partial charge in [0.05, 0.1) is 0 Å². The van der Waals surface area contributed by atoms with E-state index in [4.69, 9.17) is 0 Å². The Hall–Kier alpha value is -1.14. The van der Waals surface area contributed by atoms with Crippen molar-refractivity contribution < 1.29 is 9.90 Å². The zero-order valence-corrected chi connectivity index (χ0v) is 13.2. The fourth-order valence-corrected chi connectivity index (χ4v) is 2.78. The fraction of sp³-hybridized carbons (Fsp3) is 0.643. The van der Waals surface area contributed by atoms with Crippen molar-refractivity contribution in [2.24, 2.45) is 0 Å². The number of likely N-dealkylation sites (N-methyl/N-ethyl adjacent to an activating group) is 1. The monoisotopic (exact) mass is 297 g/mol. The molecule has 0 amide bonds. The third-order valence-corrected chi connectivity index (χ3v) is 4.06. The van der Waals surface area contributed by atoms with Crippen LogP contribution in [0.3, 0.4) is 0 Å². The molecule has 1 heterocycles. The first-order chi connectivity index (χ1) is 9.48. The van der Waals surface area contributed by atoms with E-state index < -0.39 is 11.5 Å². The van der Waals surface area contributed by atoms with Gasteiger partial charge in [-0.25, -0.2) is 9.97 Å². The Morgan fingerprint density at radius 2 is 2.25 bits per heavy atom. The number of thioether (sulfide) groups is 1. The number of carbonyl (C=O) groups is 1. The molecule has 0 aromatic carbocycles. The number of rotatable bonds is 9. The highest BCUT2D eigenvalue weighted by molar-refractivity contribution is 7.99. The maximum Gasteiger partial charge on any atom is 0.323 e. The molecule has 0 saturated carbocycles. The number of aromatic nitrogens is 2. The Kier molecular flexibility index (Phi) is 6.95. The van der Waals surface area contributed by atoms with Crippen LogP contribution in [0.25, 0.3) is 0 Å². The lowest BCUT2D eigenvalue weighted by molar-refractivity contribution is -0.144. The van der Waals surface area contributed by atoms with Gasteiger partial charge in [-0.1, -0.05) is 25.1 Å². The number of hydrogen-bond acceptors (Lipinski definition) is 5. The number of nitrogens with one attached hydrogen (secondary N) is 1. The Morgan fingerprint density at radius 1 is 1.50 bits per heavy atom. The van der Waals surface area contributed by atoms with Gasteiger partial charge in [0.1, 0.15) is 5.54 Å². The second-order valence-corrected chi connectivity index (χ2v) is 6.02. The first-order valence-electron chi connectivity index (χ1n) is 6.89. The molecule has 1 rings (SSSR count). The third-order valence-electron chi connectivity index (χ3n) is 3.11. The molecule has 0 spiro atoms. The van der Waals surface area contributed by atoms with E-state index in [0.29, 0.717) is 13.0 Å². The van der Waals surface area contributed by atoms with Gasteiger partial charge in [0.25, 0.3) is 0 Å². The zero-order chi connectivity index (χ0) is 15.0. The third kappa shape index (κ3) is 5.46. The van der Waals surface area contributed by atoms with Gasteiger partial charge in [-0.05, 0) is 39.3 Å². The van der Waals surface area contributed by atoms with Crippen LogP contribution in [0, 0.1) is 6.92 Å². The number of hydrogen-bond donors (Lipinski definition) is 2. The van der Waals surface area contributed by atoms with Gasteiger partial charge in [-0.3, -0.25) is 4.79 Å². The summed E-state index contributed by atoms with van der Waals surface area (Å²) in [6.07, 6.45) is 4.22. The second-order valence-electron chi connectivity index (χ2n) is 4.95. The van der Waals surface area contributed by atoms with Crippen LogP contribution in [0.1, 0.15) is 38.8 Å². The van der Waals surface area contributed by atoms with Gasteiger partial charge >= 0.3 is 5.97 Å². The van der Waals surface area contributed by atoms with Crippen LogP contribution in [0.4, 0.5) is 0 Å². The van der Waals surface area contributed by atoms with Crippen molar-refractivity contribution in [2.45, 2.75) is 50.7 Å². The second kappa shape index (κ2) is 8.21. The summed E-state index contributed by atoms with van der Waals surface area (Å²) in [7, 11) is 0. The molecule has 5 nitrogen and oxygen atoms in total. The van der Waals surface area contributed by atoms with Gasteiger partial charge in [0, 0.05) is 17.6 Å². The standard InChI is InChI=1S/C14H23N3O2S/c1-4-16-14(3,12(18)19)8-5-6-10-20-13-15-9-7-11(2)17-13/h7,9,16H,4-6,8,10H2,1-3H3,(H,18,19). The van der Waals surface area contributed by atoms with E-state index in [0.717, 1.165) is 29.4 Å². The summed E-state index contributed by atoms with van der Waals surface area (Å²) in [5, 5.41) is 13.1. The molecule has 1 aromatic heterocycles. The fourth-order valence-electron chi connectivity index (χ4n) is 1.90. The molecule has 1 aromatic rings. The molecular formula is C14H23N3O2S. The average Bonchev–Trinajstić information content (AvgIpc) is 2.38. The first kappa shape index (κ1) is 16.9. The lowest BCUT2D eigenvalue weighted by Crippen LogP contribution is -2.49. The van der Waals surface area contributed by atoms with Crippen molar-refractivity contribution in [1.29, 1.82) is 0 Å². The molecule has 20 heavy (non-hydrogen) atoms. The van der Waals surface area contributed by atoms with Gasteiger partial charge in [-0.15, -0.1) is 0 Å². The van der Waals surface area contributed by atoms with Crippen LogP contribution in [0.2, 0.25) is 0 Å². The summed E-state index contributed by atoms with van der Waals surface area (Å²) in [5.41, 5.74) is 0.146. The summed E-state index contributed by atoms with van der Waals surface area (Å²) in [6.45, 7) is 6.27. The number of aryl methyl sites for hydroxylation is 1.